The number of aromatic nitrogens is 4. The van der Waals surface area contributed by atoms with Gasteiger partial charge in [-0.2, -0.15) is 4.68 Å². The molecule has 0 amide bonds. The molecule has 25 heavy (non-hydrogen) atoms. The molecule has 1 fully saturated rings. The molecule has 2 aromatic rings. The number of nitrogens with zero attached hydrogens (tertiary/aromatic N) is 7. The maximum absolute atomic E-state index is 10.5. The van der Waals surface area contributed by atoms with E-state index in [-0.39, 0.29) is 30.8 Å². The Labute approximate surface area is 158 Å². The summed E-state index contributed by atoms with van der Waals surface area (Å²) < 4.78 is 1.53. The molecule has 0 spiro atoms. The van der Waals surface area contributed by atoms with Gasteiger partial charge in [-0.3, -0.25) is 4.90 Å². The van der Waals surface area contributed by atoms with Gasteiger partial charge < -0.3 is 15.0 Å². The van der Waals surface area contributed by atoms with Gasteiger partial charge >= 0.3 is 5.95 Å². The maximum atomic E-state index is 10.5. The number of anilines is 1. The molecule has 0 aliphatic carbocycles. The Bertz CT molecular complexity index is 648. The minimum atomic E-state index is -0.576. The second-order valence-electron chi connectivity index (χ2n) is 5.43. The minimum absolute atomic E-state index is 0. The summed E-state index contributed by atoms with van der Waals surface area (Å²) in [7, 11) is 0. The predicted molar refractivity (Wildman–Crippen MR) is 98.7 cm³/mol. The summed E-state index contributed by atoms with van der Waals surface area (Å²) in [6.45, 7) is 5.50. The number of aryl methyl sites for hydroxylation is 1. The standard InChI is InChI=1S/C14H19N7O2.2ClH/c22-21(23)14-16-12-20(17-14)7-3-6-18-8-10-19(11-9-18)13-4-1-2-5-15-13;;/h1-2,4-5,12H,3,6-11H2;2*1H. The first kappa shape index (κ1) is 21.1. The third-order valence-electron chi connectivity index (χ3n) is 3.89. The van der Waals surface area contributed by atoms with Crippen LogP contribution >= 0.6 is 24.8 Å². The first-order valence-electron chi connectivity index (χ1n) is 7.64. The predicted octanol–water partition coefficient (Wildman–Crippen LogP) is 1.64. The molecule has 0 bridgehead atoms. The number of hydrogen-bond acceptors (Lipinski definition) is 7. The summed E-state index contributed by atoms with van der Waals surface area (Å²) in [5.41, 5.74) is 0. The highest BCUT2D eigenvalue weighted by molar-refractivity contribution is 5.85. The van der Waals surface area contributed by atoms with Crippen LogP contribution in [0.4, 0.5) is 11.8 Å². The first-order chi connectivity index (χ1) is 11.2. The number of pyridine rings is 1. The van der Waals surface area contributed by atoms with E-state index in [1.807, 2.05) is 24.4 Å². The van der Waals surface area contributed by atoms with Crippen molar-refractivity contribution in [1.29, 1.82) is 0 Å². The molecule has 9 nitrogen and oxygen atoms in total. The van der Waals surface area contributed by atoms with Crippen LogP contribution in [0, 0.1) is 10.1 Å². The highest BCUT2D eigenvalue weighted by Crippen LogP contribution is 2.12. The molecular formula is C14H21Cl2N7O2. The van der Waals surface area contributed by atoms with Gasteiger partial charge in [0.15, 0.2) is 0 Å². The van der Waals surface area contributed by atoms with E-state index in [0.717, 1.165) is 45.0 Å². The Hall–Kier alpha value is -1.97. The van der Waals surface area contributed by atoms with Gasteiger partial charge in [-0.1, -0.05) is 11.1 Å². The Kier molecular flexibility index (Phi) is 8.53. The summed E-state index contributed by atoms with van der Waals surface area (Å²) in [6, 6.07) is 5.97. The fourth-order valence-electron chi connectivity index (χ4n) is 2.67. The Balaban J connectivity index is 0.00000156. The first-order valence-corrected chi connectivity index (χ1v) is 7.64. The number of halogens is 2. The van der Waals surface area contributed by atoms with E-state index in [0.29, 0.717) is 6.54 Å². The van der Waals surface area contributed by atoms with Crippen molar-refractivity contribution in [3.8, 4) is 0 Å². The van der Waals surface area contributed by atoms with E-state index in [4.69, 9.17) is 0 Å². The van der Waals surface area contributed by atoms with Crippen molar-refractivity contribution in [2.75, 3.05) is 37.6 Å². The molecule has 0 N–H and O–H groups in total. The van der Waals surface area contributed by atoms with Gasteiger partial charge in [0.1, 0.15) is 5.82 Å². The van der Waals surface area contributed by atoms with Crippen LogP contribution in [0.5, 0.6) is 0 Å². The fourth-order valence-corrected chi connectivity index (χ4v) is 2.67. The molecule has 2 aromatic heterocycles. The van der Waals surface area contributed by atoms with E-state index in [1.54, 1.807) is 0 Å². The van der Waals surface area contributed by atoms with Gasteiger partial charge in [0.05, 0.1) is 6.54 Å². The summed E-state index contributed by atoms with van der Waals surface area (Å²) in [5, 5.41) is 14.3. The third kappa shape index (κ3) is 5.80. The van der Waals surface area contributed by atoms with Gasteiger partial charge in [-0.05, 0) is 23.5 Å². The van der Waals surface area contributed by atoms with Crippen molar-refractivity contribution >= 4 is 36.6 Å². The molecule has 0 saturated carbocycles. The van der Waals surface area contributed by atoms with Crippen LogP contribution in [0.2, 0.25) is 0 Å². The van der Waals surface area contributed by atoms with Gasteiger partial charge in [-0.15, -0.1) is 24.8 Å². The molecule has 1 aliphatic rings. The Morgan fingerprint density at radius 3 is 2.44 bits per heavy atom. The molecule has 1 saturated heterocycles. The van der Waals surface area contributed by atoms with Crippen LogP contribution < -0.4 is 4.90 Å². The number of piperazine rings is 1. The van der Waals surface area contributed by atoms with Crippen LogP contribution in [0.3, 0.4) is 0 Å². The number of hydrogen-bond donors (Lipinski definition) is 0. The molecule has 138 valence electrons. The molecule has 0 unspecified atom stereocenters. The van der Waals surface area contributed by atoms with Crippen LogP contribution in [-0.2, 0) is 6.54 Å². The van der Waals surface area contributed by atoms with Crippen molar-refractivity contribution in [2.45, 2.75) is 13.0 Å². The number of nitro groups is 1. The van der Waals surface area contributed by atoms with E-state index in [9.17, 15) is 10.1 Å². The SMILES string of the molecule is Cl.Cl.O=[N+]([O-])c1ncn(CCCN2CCN(c3ccccn3)CC2)n1. The van der Waals surface area contributed by atoms with Crippen LogP contribution in [0.15, 0.2) is 30.7 Å². The number of rotatable bonds is 6. The summed E-state index contributed by atoms with van der Waals surface area (Å²) in [6.07, 6.45) is 4.13. The second-order valence-corrected chi connectivity index (χ2v) is 5.43. The topological polar surface area (TPSA) is 93.2 Å². The van der Waals surface area contributed by atoms with Crippen molar-refractivity contribution in [3.63, 3.8) is 0 Å². The van der Waals surface area contributed by atoms with E-state index in [2.05, 4.69) is 24.9 Å². The van der Waals surface area contributed by atoms with Crippen LogP contribution in [-0.4, -0.2) is 62.3 Å². The highest BCUT2D eigenvalue weighted by atomic mass is 35.5. The molecule has 11 heteroatoms. The Morgan fingerprint density at radius 2 is 1.84 bits per heavy atom. The highest BCUT2D eigenvalue weighted by Gasteiger charge is 2.18. The summed E-state index contributed by atoms with van der Waals surface area (Å²) in [4.78, 5) is 22.7. The summed E-state index contributed by atoms with van der Waals surface area (Å²) >= 11 is 0. The van der Waals surface area contributed by atoms with E-state index >= 15 is 0 Å². The van der Waals surface area contributed by atoms with Crippen LogP contribution in [0.1, 0.15) is 6.42 Å². The lowest BCUT2D eigenvalue weighted by Gasteiger charge is -2.35. The maximum Gasteiger partial charge on any atom is 0.490 e. The van der Waals surface area contributed by atoms with Gasteiger partial charge in [0, 0.05) is 44.0 Å². The third-order valence-corrected chi connectivity index (χ3v) is 3.89. The molecular weight excluding hydrogens is 369 g/mol. The zero-order valence-electron chi connectivity index (χ0n) is 13.6. The molecule has 0 atom stereocenters. The molecule has 3 heterocycles. The van der Waals surface area contributed by atoms with E-state index in [1.165, 1.54) is 11.0 Å². The van der Waals surface area contributed by atoms with Gasteiger partial charge in [0.25, 0.3) is 0 Å². The average molecular weight is 390 g/mol. The molecule has 1 aliphatic heterocycles. The van der Waals surface area contributed by atoms with Crippen molar-refractivity contribution in [1.82, 2.24) is 24.6 Å². The second kappa shape index (κ2) is 10.1. The normalized spacial score (nSPS) is 14.5. The quantitative estimate of drug-likeness (QED) is 0.547. The smallest absolute Gasteiger partial charge is 0.390 e. The lowest BCUT2D eigenvalue weighted by atomic mass is 10.3. The zero-order valence-corrected chi connectivity index (χ0v) is 15.2. The lowest BCUT2D eigenvalue weighted by molar-refractivity contribution is -0.394. The molecule has 0 radical (unpaired) electrons. The van der Waals surface area contributed by atoms with Gasteiger partial charge in [-0.25, -0.2) is 4.98 Å². The van der Waals surface area contributed by atoms with Crippen LogP contribution in [0.25, 0.3) is 0 Å². The average Bonchev–Trinajstić information content (AvgIpc) is 3.06. The fraction of sp³-hybridized carbons (Fsp3) is 0.500. The Morgan fingerprint density at radius 1 is 1.08 bits per heavy atom. The van der Waals surface area contributed by atoms with Crippen molar-refractivity contribution in [2.24, 2.45) is 0 Å². The molecule has 3 rings (SSSR count). The molecule has 0 aromatic carbocycles. The van der Waals surface area contributed by atoms with E-state index < -0.39 is 4.92 Å². The summed E-state index contributed by atoms with van der Waals surface area (Å²) in [5.74, 6) is 0.691. The van der Waals surface area contributed by atoms with Crippen molar-refractivity contribution in [3.05, 3.63) is 40.8 Å². The lowest BCUT2D eigenvalue weighted by Crippen LogP contribution is -2.47. The largest absolute Gasteiger partial charge is 0.490 e. The van der Waals surface area contributed by atoms with Crippen molar-refractivity contribution < 1.29 is 4.92 Å². The zero-order chi connectivity index (χ0) is 16.1. The van der Waals surface area contributed by atoms with Gasteiger partial charge in [0.2, 0.25) is 6.33 Å². The monoisotopic (exact) mass is 389 g/mol. The minimum Gasteiger partial charge on any atom is -0.390 e.